The van der Waals surface area contributed by atoms with Crippen LogP contribution in [0.4, 0.5) is 17.1 Å². The van der Waals surface area contributed by atoms with E-state index in [0.29, 0.717) is 0 Å². The number of hydrogen-bond donors (Lipinski definition) is 0. The van der Waals surface area contributed by atoms with Crippen molar-refractivity contribution in [2.24, 2.45) is 0 Å². The minimum atomic E-state index is -2.76. The third-order valence-electron chi connectivity index (χ3n) is 13.6. The number of hydrogen-bond acceptors (Lipinski definition) is 1. The van der Waals surface area contributed by atoms with E-state index >= 15 is 0 Å². The van der Waals surface area contributed by atoms with Gasteiger partial charge in [-0.15, -0.1) is 0 Å². The van der Waals surface area contributed by atoms with E-state index < -0.39 is 13.5 Å². The summed E-state index contributed by atoms with van der Waals surface area (Å²) < 4.78 is 0. The van der Waals surface area contributed by atoms with E-state index in [9.17, 15) is 0 Å². The van der Waals surface area contributed by atoms with E-state index in [2.05, 4.69) is 266 Å². The summed E-state index contributed by atoms with van der Waals surface area (Å²) in [4.78, 5) is 2.54. The van der Waals surface area contributed by atoms with Crippen LogP contribution in [-0.4, -0.2) is 8.07 Å². The Balaban J connectivity index is 1.16. The Hall–Kier alpha value is -7.78. The number of rotatable bonds is 8. The highest BCUT2D eigenvalue weighted by Crippen LogP contribution is 2.57. The third-order valence-corrected chi connectivity index (χ3v) is 18.5. The normalized spacial score (nSPS) is 13.7. The summed E-state index contributed by atoms with van der Waals surface area (Å²) in [6.45, 7) is 0. The molecule has 2 heteroatoms. The fourth-order valence-electron chi connectivity index (χ4n) is 11.1. The summed E-state index contributed by atoms with van der Waals surface area (Å²) in [5, 5.41) is 5.63. The Bertz CT molecular complexity index is 3180. The zero-order valence-corrected chi connectivity index (χ0v) is 35.8. The minimum Gasteiger partial charge on any atom is -0.310 e. The molecule has 0 bridgehead atoms. The fourth-order valence-corrected chi connectivity index (χ4v) is 16.3. The Morgan fingerprint density at radius 3 is 1.43 bits per heavy atom. The maximum absolute atomic E-state index is 2.76. The van der Waals surface area contributed by atoms with Crippen molar-refractivity contribution < 1.29 is 0 Å². The van der Waals surface area contributed by atoms with Gasteiger partial charge in [-0.1, -0.05) is 231 Å². The van der Waals surface area contributed by atoms with Gasteiger partial charge in [0.25, 0.3) is 0 Å². The van der Waals surface area contributed by atoms with Crippen LogP contribution in [0.2, 0.25) is 0 Å². The maximum Gasteiger partial charge on any atom is 0.180 e. The average molecular weight is 818 g/mol. The first-order valence-electron chi connectivity index (χ1n) is 21.9. The highest BCUT2D eigenvalue weighted by molar-refractivity contribution is 7.22. The van der Waals surface area contributed by atoms with Gasteiger partial charge >= 0.3 is 0 Å². The standard InChI is InChI=1S/C61H43NSi/c1-6-21-44(22-7-1)45-37-39-48(40-38-45)62(49-41-42-53-52-31-16-18-33-55(52)61(56(53)43-49,46-23-8-2-9-24-46)47-25-10-3-11-26-47)57-34-20-36-59-60(57)54-32-17-19-35-58(54)63(59,50-27-12-4-13-28-50)51-29-14-5-15-30-51/h1-43H. The van der Waals surface area contributed by atoms with Crippen LogP contribution >= 0.6 is 0 Å². The van der Waals surface area contributed by atoms with Gasteiger partial charge < -0.3 is 4.90 Å². The molecule has 2 aliphatic rings. The molecule has 1 heterocycles. The van der Waals surface area contributed by atoms with E-state index in [0.717, 1.165) is 11.4 Å². The zero-order chi connectivity index (χ0) is 41.8. The fraction of sp³-hybridized carbons (Fsp3) is 0.0164. The van der Waals surface area contributed by atoms with Gasteiger partial charge in [-0.2, -0.15) is 0 Å². The van der Waals surface area contributed by atoms with Crippen molar-refractivity contribution in [3.8, 4) is 33.4 Å². The summed E-state index contributed by atoms with van der Waals surface area (Å²) in [6.07, 6.45) is 0. The molecule has 0 fully saturated rings. The molecule has 0 unspecified atom stereocenters. The van der Waals surface area contributed by atoms with Gasteiger partial charge in [-0.05, 0) is 101 Å². The second kappa shape index (κ2) is 15.0. The average Bonchev–Trinajstić information content (AvgIpc) is 3.84. The SMILES string of the molecule is c1ccc(-c2ccc(N(c3ccc4c(c3)C(c3ccccc3)(c3ccccc3)c3ccccc3-4)c3cccc4c3-c3ccccc3[Si]4(c3ccccc3)c3ccccc3)cc2)cc1. The lowest BCUT2D eigenvalue weighted by Gasteiger charge is -2.35. The lowest BCUT2D eigenvalue weighted by Crippen LogP contribution is -2.72. The molecule has 296 valence electrons. The van der Waals surface area contributed by atoms with Gasteiger partial charge in [0.1, 0.15) is 0 Å². The van der Waals surface area contributed by atoms with Gasteiger partial charge in [0.05, 0.1) is 11.1 Å². The van der Waals surface area contributed by atoms with E-state index in [1.54, 1.807) is 0 Å². The molecule has 0 radical (unpaired) electrons. The molecule has 0 saturated heterocycles. The van der Waals surface area contributed by atoms with Crippen molar-refractivity contribution in [2.75, 3.05) is 4.90 Å². The first-order valence-corrected chi connectivity index (χ1v) is 23.9. The minimum absolute atomic E-state index is 0.527. The molecule has 0 atom stereocenters. The summed E-state index contributed by atoms with van der Waals surface area (Å²) in [6, 6.07) is 97.3. The maximum atomic E-state index is 2.54. The largest absolute Gasteiger partial charge is 0.310 e. The van der Waals surface area contributed by atoms with Crippen molar-refractivity contribution in [3.05, 3.63) is 283 Å². The van der Waals surface area contributed by atoms with Crippen molar-refractivity contribution in [1.82, 2.24) is 0 Å². The molecule has 0 N–H and O–H groups in total. The molecule has 0 spiro atoms. The smallest absolute Gasteiger partial charge is 0.180 e. The van der Waals surface area contributed by atoms with Crippen LogP contribution < -0.4 is 25.6 Å². The second-order valence-corrected chi connectivity index (χ2v) is 20.5. The zero-order valence-electron chi connectivity index (χ0n) is 34.8. The second-order valence-electron chi connectivity index (χ2n) is 16.7. The molecular formula is C61H43NSi. The van der Waals surface area contributed by atoms with Crippen molar-refractivity contribution in [2.45, 2.75) is 5.41 Å². The van der Waals surface area contributed by atoms with Crippen LogP contribution in [0.1, 0.15) is 22.3 Å². The van der Waals surface area contributed by atoms with Crippen LogP contribution in [-0.2, 0) is 5.41 Å². The van der Waals surface area contributed by atoms with Crippen LogP contribution in [0.3, 0.4) is 0 Å². The van der Waals surface area contributed by atoms with Gasteiger partial charge in [-0.25, -0.2) is 0 Å². The molecule has 10 aromatic carbocycles. The molecular weight excluding hydrogens is 775 g/mol. The summed E-state index contributed by atoms with van der Waals surface area (Å²) >= 11 is 0. The predicted octanol–water partition coefficient (Wildman–Crippen LogP) is 12.5. The van der Waals surface area contributed by atoms with Gasteiger partial charge in [0.2, 0.25) is 0 Å². The summed E-state index contributed by atoms with van der Waals surface area (Å²) in [7, 11) is -2.76. The first-order chi connectivity index (χ1) is 31.3. The van der Waals surface area contributed by atoms with Crippen LogP contribution in [0.25, 0.3) is 33.4 Å². The van der Waals surface area contributed by atoms with E-state index in [1.165, 1.54) is 82.1 Å². The number of fused-ring (bicyclic) bond motifs is 6. The Morgan fingerprint density at radius 1 is 0.317 bits per heavy atom. The van der Waals surface area contributed by atoms with Crippen LogP contribution in [0.5, 0.6) is 0 Å². The lowest BCUT2D eigenvalue weighted by atomic mass is 9.67. The lowest BCUT2D eigenvalue weighted by molar-refractivity contribution is 0.768. The summed E-state index contributed by atoms with van der Waals surface area (Å²) in [5.41, 5.74) is 15.6. The molecule has 63 heavy (non-hydrogen) atoms. The molecule has 0 aromatic heterocycles. The van der Waals surface area contributed by atoms with Crippen LogP contribution in [0.15, 0.2) is 261 Å². The first kappa shape index (κ1) is 37.0. The molecule has 0 amide bonds. The topological polar surface area (TPSA) is 3.24 Å². The number of nitrogens with zero attached hydrogens (tertiary/aromatic N) is 1. The molecule has 1 nitrogen and oxygen atoms in total. The molecule has 12 rings (SSSR count). The monoisotopic (exact) mass is 817 g/mol. The Kier molecular flexibility index (Phi) is 8.81. The predicted molar refractivity (Wildman–Crippen MR) is 266 cm³/mol. The number of anilines is 3. The quantitative estimate of drug-likeness (QED) is 0.138. The number of benzene rings is 10. The van der Waals surface area contributed by atoms with Crippen molar-refractivity contribution in [3.63, 3.8) is 0 Å². The molecule has 0 saturated carbocycles. The molecule has 10 aromatic rings. The van der Waals surface area contributed by atoms with Gasteiger partial charge in [-0.3, -0.25) is 0 Å². The van der Waals surface area contributed by atoms with Crippen molar-refractivity contribution >= 4 is 45.9 Å². The highest BCUT2D eigenvalue weighted by Gasteiger charge is 2.50. The Morgan fingerprint density at radius 2 is 0.794 bits per heavy atom. The van der Waals surface area contributed by atoms with Crippen LogP contribution in [0, 0.1) is 0 Å². The molecule has 1 aliphatic heterocycles. The van der Waals surface area contributed by atoms with E-state index in [1.807, 2.05) is 0 Å². The van der Waals surface area contributed by atoms with Gasteiger partial charge in [0.15, 0.2) is 8.07 Å². The van der Waals surface area contributed by atoms with E-state index in [4.69, 9.17) is 0 Å². The Labute approximate surface area is 370 Å². The highest BCUT2D eigenvalue weighted by atomic mass is 28.3. The molecule has 1 aliphatic carbocycles. The third kappa shape index (κ3) is 5.55. The van der Waals surface area contributed by atoms with E-state index in [-0.39, 0.29) is 0 Å². The summed E-state index contributed by atoms with van der Waals surface area (Å²) in [5.74, 6) is 0. The van der Waals surface area contributed by atoms with Gasteiger partial charge in [0, 0.05) is 16.9 Å². The van der Waals surface area contributed by atoms with Crippen molar-refractivity contribution in [1.29, 1.82) is 0 Å².